The van der Waals surface area contributed by atoms with Gasteiger partial charge < -0.3 is 19.1 Å². The molecule has 0 spiro atoms. The standard InChI is InChI=1S/C43H79NO6/c1-5-7-9-11-13-15-17-19-21-23-25-27-29-31-33-35-42(47)49-39-40(37-44(3,4)38-41(45)46)50-43(48)36-34-32-30-28-26-24-22-20-18-16-14-12-10-8-6-2/h19-22,40H,5-18,23-39H2,1-4H3/p+1/b21-19-,22-20-. The lowest BCUT2D eigenvalue weighted by Gasteiger charge is -2.31. The molecule has 0 saturated heterocycles. The molecule has 7 nitrogen and oxygen atoms in total. The number of carboxylic acids is 1. The van der Waals surface area contributed by atoms with Gasteiger partial charge in [-0.05, 0) is 64.2 Å². The quantitative estimate of drug-likeness (QED) is 0.0299. The lowest BCUT2D eigenvalue weighted by molar-refractivity contribution is -0.886. The molecule has 0 rings (SSSR count). The van der Waals surface area contributed by atoms with Gasteiger partial charge in [-0.1, -0.05) is 141 Å². The van der Waals surface area contributed by atoms with E-state index in [2.05, 4.69) is 38.2 Å². The van der Waals surface area contributed by atoms with Crippen molar-refractivity contribution in [3.05, 3.63) is 24.3 Å². The van der Waals surface area contributed by atoms with Gasteiger partial charge >= 0.3 is 17.9 Å². The number of ether oxygens (including phenoxy) is 2. The molecule has 0 heterocycles. The van der Waals surface area contributed by atoms with E-state index in [1.54, 1.807) is 14.1 Å². The van der Waals surface area contributed by atoms with Crippen molar-refractivity contribution in [3.8, 4) is 0 Å². The molecule has 0 aliphatic carbocycles. The van der Waals surface area contributed by atoms with Crippen molar-refractivity contribution in [2.75, 3.05) is 33.8 Å². The molecule has 0 aromatic rings. The summed E-state index contributed by atoms with van der Waals surface area (Å²) >= 11 is 0. The third kappa shape index (κ3) is 35.7. The van der Waals surface area contributed by atoms with Crippen molar-refractivity contribution in [2.24, 2.45) is 0 Å². The van der Waals surface area contributed by atoms with Crippen LogP contribution in [0.15, 0.2) is 24.3 Å². The van der Waals surface area contributed by atoms with E-state index in [-0.39, 0.29) is 36.1 Å². The smallest absolute Gasteiger partial charge is 0.359 e. The van der Waals surface area contributed by atoms with Crippen LogP contribution in [0.4, 0.5) is 0 Å². The molecule has 7 heteroatoms. The number of carbonyl (C=O) groups is 3. The number of likely N-dealkylation sites (N-methyl/N-ethyl adjacent to an activating group) is 1. The van der Waals surface area contributed by atoms with Gasteiger partial charge in [0, 0.05) is 12.8 Å². The summed E-state index contributed by atoms with van der Waals surface area (Å²) < 4.78 is 11.4. The van der Waals surface area contributed by atoms with E-state index in [4.69, 9.17) is 9.47 Å². The fraction of sp³-hybridized carbons (Fsp3) is 0.837. The minimum absolute atomic E-state index is 0.0384. The van der Waals surface area contributed by atoms with Crippen molar-refractivity contribution in [1.82, 2.24) is 0 Å². The van der Waals surface area contributed by atoms with Gasteiger partial charge in [0.1, 0.15) is 13.2 Å². The lowest BCUT2D eigenvalue weighted by atomic mass is 10.1. The van der Waals surface area contributed by atoms with Gasteiger partial charge in [0.25, 0.3) is 0 Å². The normalized spacial score (nSPS) is 12.6. The van der Waals surface area contributed by atoms with Crippen molar-refractivity contribution in [1.29, 1.82) is 0 Å². The minimum Gasteiger partial charge on any atom is -0.477 e. The van der Waals surface area contributed by atoms with Gasteiger partial charge in [0.05, 0.1) is 14.1 Å². The molecule has 1 atom stereocenters. The zero-order chi connectivity index (χ0) is 37.0. The minimum atomic E-state index is -0.922. The monoisotopic (exact) mass is 707 g/mol. The van der Waals surface area contributed by atoms with Crippen LogP contribution < -0.4 is 0 Å². The zero-order valence-electron chi connectivity index (χ0n) is 33.2. The van der Waals surface area contributed by atoms with E-state index in [0.29, 0.717) is 12.8 Å². The first-order valence-corrected chi connectivity index (χ1v) is 20.9. The van der Waals surface area contributed by atoms with Gasteiger partial charge in [-0.25, -0.2) is 4.79 Å². The van der Waals surface area contributed by atoms with Crippen molar-refractivity contribution >= 4 is 17.9 Å². The average molecular weight is 707 g/mol. The molecule has 0 aromatic heterocycles. The first kappa shape index (κ1) is 47.8. The van der Waals surface area contributed by atoms with E-state index < -0.39 is 12.1 Å². The number of allylic oxidation sites excluding steroid dienone is 4. The van der Waals surface area contributed by atoms with Crippen molar-refractivity contribution in [3.63, 3.8) is 0 Å². The summed E-state index contributed by atoms with van der Waals surface area (Å²) in [5.74, 6) is -1.52. The Morgan fingerprint density at radius 1 is 0.540 bits per heavy atom. The second kappa shape index (κ2) is 35.3. The van der Waals surface area contributed by atoms with E-state index in [1.807, 2.05) is 0 Å². The van der Waals surface area contributed by atoms with Crippen LogP contribution >= 0.6 is 0 Å². The highest BCUT2D eigenvalue weighted by Gasteiger charge is 2.28. The summed E-state index contributed by atoms with van der Waals surface area (Å²) in [4.78, 5) is 36.5. The summed E-state index contributed by atoms with van der Waals surface area (Å²) in [7, 11) is 3.57. The first-order chi connectivity index (χ1) is 24.2. The molecule has 1 unspecified atom stereocenters. The lowest BCUT2D eigenvalue weighted by Crippen LogP contribution is -2.50. The van der Waals surface area contributed by atoms with E-state index in [1.165, 1.54) is 109 Å². The number of rotatable bonds is 37. The second-order valence-corrected chi connectivity index (χ2v) is 15.1. The predicted octanol–water partition coefficient (Wildman–Crippen LogP) is 11.7. The van der Waals surface area contributed by atoms with Crippen molar-refractivity contribution in [2.45, 2.75) is 200 Å². The Balaban J connectivity index is 4.17. The first-order valence-electron chi connectivity index (χ1n) is 20.9. The Morgan fingerprint density at radius 3 is 1.30 bits per heavy atom. The van der Waals surface area contributed by atoms with Crippen LogP contribution in [0, 0.1) is 0 Å². The highest BCUT2D eigenvalue weighted by molar-refractivity contribution is 5.70. The van der Waals surface area contributed by atoms with Crippen LogP contribution in [-0.4, -0.2) is 67.4 Å². The van der Waals surface area contributed by atoms with Crippen LogP contribution in [0.3, 0.4) is 0 Å². The zero-order valence-corrected chi connectivity index (χ0v) is 33.2. The number of hydrogen-bond acceptors (Lipinski definition) is 5. The molecule has 0 bridgehead atoms. The van der Waals surface area contributed by atoms with Crippen LogP contribution in [-0.2, 0) is 23.9 Å². The van der Waals surface area contributed by atoms with Crippen LogP contribution in [0.25, 0.3) is 0 Å². The van der Waals surface area contributed by atoms with E-state index in [0.717, 1.165) is 57.8 Å². The fourth-order valence-electron chi connectivity index (χ4n) is 6.29. The number of unbranched alkanes of at least 4 members (excludes halogenated alkanes) is 22. The summed E-state index contributed by atoms with van der Waals surface area (Å²) in [6, 6.07) is 0. The number of quaternary nitrogens is 1. The van der Waals surface area contributed by atoms with Gasteiger partial charge in [0.2, 0.25) is 0 Å². The van der Waals surface area contributed by atoms with Gasteiger partial charge in [-0.3, -0.25) is 9.59 Å². The highest BCUT2D eigenvalue weighted by Crippen LogP contribution is 2.14. The maximum absolute atomic E-state index is 12.7. The number of carbonyl (C=O) groups excluding carboxylic acids is 2. The number of carboxylic acid groups (broad SMARTS) is 1. The number of nitrogens with zero attached hydrogens (tertiary/aromatic N) is 1. The molecule has 0 saturated carbocycles. The van der Waals surface area contributed by atoms with Crippen LogP contribution in [0.5, 0.6) is 0 Å². The molecule has 50 heavy (non-hydrogen) atoms. The van der Waals surface area contributed by atoms with E-state index >= 15 is 0 Å². The predicted molar refractivity (Wildman–Crippen MR) is 209 cm³/mol. The number of hydrogen-bond donors (Lipinski definition) is 1. The van der Waals surface area contributed by atoms with Gasteiger partial charge in [0.15, 0.2) is 12.6 Å². The molecular formula is C43H80NO6+. The molecule has 1 N–H and O–H groups in total. The summed E-state index contributed by atoms with van der Waals surface area (Å²) in [5, 5.41) is 9.31. The topological polar surface area (TPSA) is 89.9 Å². The molecule has 0 amide bonds. The fourth-order valence-corrected chi connectivity index (χ4v) is 6.29. The SMILES string of the molecule is CCCCCCCC/C=C\CCCCCCCC(=O)OCC(C[N+](C)(C)CC(=O)O)OC(=O)CCCCCCC/C=C\CCCCCCCC. The molecule has 0 aromatic carbocycles. The third-order valence-electron chi connectivity index (χ3n) is 9.27. The van der Waals surface area contributed by atoms with Gasteiger partial charge in [-0.2, -0.15) is 0 Å². The van der Waals surface area contributed by atoms with Crippen LogP contribution in [0.1, 0.15) is 194 Å². The van der Waals surface area contributed by atoms with Crippen molar-refractivity contribution < 1.29 is 33.4 Å². The Morgan fingerprint density at radius 2 is 0.900 bits per heavy atom. The van der Waals surface area contributed by atoms with Crippen LogP contribution in [0.2, 0.25) is 0 Å². The molecule has 0 radical (unpaired) electrons. The Bertz CT molecular complexity index is 867. The highest BCUT2D eigenvalue weighted by atomic mass is 16.6. The second-order valence-electron chi connectivity index (χ2n) is 15.1. The molecule has 0 fully saturated rings. The average Bonchev–Trinajstić information content (AvgIpc) is 3.06. The largest absolute Gasteiger partial charge is 0.477 e. The molecule has 292 valence electrons. The van der Waals surface area contributed by atoms with Gasteiger partial charge in [-0.15, -0.1) is 0 Å². The van der Waals surface area contributed by atoms with E-state index in [9.17, 15) is 19.5 Å². The summed E-state index contributed by atoms with van der Waals surface area (Å²) in [5.41, 5.74) is 0. The Labute approximate surface area is 308 Å². The number of esters is 2. The Kier molecular flexibility index (Phi) is 33.7. The summed E-state index contributed by atoms with van der Waals surface area (Å²) in [6.07, 6.45) is 40.5. The maximum atomic E-state index is 12.7. The Hall–Kier alpha value is -2.15. The number of aliphatic carboxylic acids is 1. The molecular weight excluding hydrogens is 626 g/mol. The molecule has 0 aliphatic heterocycles. The molecule has 0 aliphatic rings. The third-order valence-corrected chi connectivity index (χ3v) is 9.27. The summed E-state index contributed by atoms with van der Waals surface area (Å²) in [6.45, 7) is 4.63. The maximum Gasteiger partial charge on any atom is 0.359 e.